The zero-order valence-corrected chi connectivity index (χ0v) is 16.3. The van der Waals surface area contributed by atoms with Crippen molar-refractivity contribution in [1.82, 2.24) is 9.80 Å². The average molecular weight is 363 g/mol. The quantitative estimate of drug-likeness (QED) is 0.780. The largest absolute Gasteiger partial charge is 0.375 e. The molecule has 0 radical (unpaired) electrons. The van der Waals surface area contributed by atoms with Crippen LogP contribution in [0.15, 0.2) is 18.2 Å². The fourth-order valence-corrected chi connectivity index (χ4v) is 3.33. The van der Waals surface area contributed by atoms with Crippen molar-refractivity contribution >= 4 is 17.5 Å². The van der Waals surface area contributed by atoms with Crippen LogP contribution in [0.5, 0.6) is 0 Å². The minimum Gasteiger partial charge on any atom is -0.375 e. The molecule has 0 atom stereocenters. The lowest BCUT2D eigenvalue weighted by molar-refractivity contribution is -0.135. The predicted molar refractivity (Wildman–Crippen MR) is 102 cm³/mol. The summed E-state index contributed by atoms with van der Waals surface area (Å²) in [7, 11) is 5.38. The second-order valence-corrected chi connectivity index (χ2v) is 7.24. The van der Waals surface area contributed by atoms with Crippen molar-refractivity contribution < 1.29 is 14.0 Å². The van der Waals surface area contributed by atoms with E-state index < -0.39 is 5.82 Å². The van der Waals surface area contributed by atoms with Crippen molar-refractivity contribution in [2.24, 2.45) is 5.92 Å². The minimum atomic E-state index is -0.400. The first-order valence-corrected chi connectivity index (χ1v) is 9.36. The van der Waals surface area contributed by atoms with E-state index in [1.807, 2.05) is 7.05 Å². The van der Waals surface area contributed by atoms with Crippen molar-refractivity contribution in [3.05, 3.63) is 29.6 Å². The first kappa shape index (κ1) is 20.2. The molecular weight excluding hydrogens is 333 g/mol. The molecule has 0 unspecified atom stereocenters. The molecular formula is C20H30FN3O2. The van der Waals surface area contributed by atoms with E-state index in [4.69, 9.17) is 0 Å². The Morgan fingerprint density at radius 1 is 1.19 bits per heavy atom. The number of carbonyl (C=O) groups is 2. The van der Waals surface area contributed by atoms with Gasteiger partial charge in [0.05, 0.1) is 5.69 Å². The lowest BCUT2D eigenvalue weighted by Gasteiger charge is -2.33. The van der Waals surface area contributed by atoms with Gasteiger partial charge in [-0.25, -0.2) is 4.39 Å². The van der Waals surface area contributed by atoms with E-state index in [-0.39, 0.29) is 17.7 Å². The van der Waals surface area contributed by atoms with E-state index in [9.17, 15) is 14.0 Å². The number of carbonyl (C=O) groups excluding carboxylic acids is 2. The van der Waals surface area contributed by atoms with Crippen LogP contribution in [0.2, 0.25) is 0 Å². The van der Waals surface area contributed by atoms with Gasteiger partial charge < -0.3 is 14.7 Å². The van der Waals surface area contributed by atoms with Gasteiger partial charge in [-0.15, -0.1) is 0 Å². The maximum atomic E-state index is 14.1. The second kappa shape index (κ2) is 9.01. The zero-order chi connectivity index (χ0) is 19.3. The molecule has 5 nitrogen and oxygen atoms in total. The molecule has 2 rings (SSSR count). The van der Waals surface area contributed by atoms with Gasteiger partial charge in [0.15, 0.2) is 0 Å². The van der Waals surface area contributed by atoms with Crippen molar-refractivity contribution in [2.45, 2.75) is 32.6 Å². The lowest BCUT2D eigenvalue weighted by Crippen LogP contribution is -2.43. The summed E-state index contributed by atoms with van der Waals surface area (Å²) in [6, 6.07) is 4.59. The minimum absolute atomic E-state index is 0.0197. The molecule has 0 spiro atoms. The number of unbranched alkanes of at least 4 members (excludes halogenated alkanes) is 1. The molecule has 144 valence electrons. The Labute approximate surface area is 155 Å². The number of anilines is 1. The van der Waals surface area contributed by atoms with Gasteiger partial charge in [-0.1, -0.05) is 13.3 Å². The Bertz CT molecular complexity index is 640. The monoisotopic (exact) mass is 363 g/mol. The fraction of sp³-hybridized carbons (Fsp3) is 0.600. The molecule has 2 amide bonds. The van der Waals surface area contributed by atoms with Gasteiger partial charge in [0.1, 0.15) is 5.82 Å². The molecule has 1 aliphatic rings. The van der Waals surface area contributed by atoms with Gasteiger partial charge in [0.25, 0.3) is 5.91 Å². The number of benzene rings is 1. The molecule has 0 bridgehead atoms. The van der Waals surface area contributed by atoms with Crippen molar-refractivity contribution in [3.63, 3.8) is 0 Å². The Kier molecular flexibility index (Phi) is 7.00. The first-order chi connectivity index (χ1) is 12.3. The highest BCUT2D eigenvalue weighted by molar-refractivity contribution is 5.94. The number of amides is 2. The summed E-state index contributed by atoms with van der Waals surface area (Å²) in [6.45, 7) is 3.96. The van der Waals surface area contributed by atoms with Gasteiger partial charge in [-0.2, -0.15) is 0 Å². The fourth-order valence-electron chi connectivity index (χ4n) is 3.33. The van der Waals surface area contributed by atoms with E-state index >= 15 is 0 Å². The number of rotatable bonds is 6. The number of halogens is 1. The van der Waals surface area contributed by atoms with Crippen LogP contribution >= 0.6 is 0 Å². The summed E-state index contributed by atoms with van der Waals surface area (Å²) in [4.78, 5) is 30.3. The summed E-state index contributed by atoms with van der Waals surface area (Å²) < 4.78 is 14.1. The smallest absolute Gasteiger partial charge is 0.253 e. The predicted octanol–water partition coefficient (Wildman–Crippen LogP) is 3.00. The molecule has 1 aromatic rings. The van der Waals surface area contributed by atoms with E-state index in [1.165, 1.54) is 6.07 Å². The zero-order valence-electron chi connectivity index (χ0n) is 16.3. The summed E-state index contributed by atoms with van der Waals surface area (Å²) in [5, 5.41) is 0. The van der Waals surface area contributed by atoms with Gasteiger partial charge >= 0.3 is 0 Å². The van der Waals surface area contributed by atoms with E-state index in [0.717, 1.165) is 19.4 Å². The van der Waals surface area contributed by atoms with Crippen LogP contribution in [0, 0.1) is 11.7 Å². The molecule has 1 saturated heterocycles. The molecule has 26 heavy (non-hydrogen) atoms. The summed E-state index contributed by atoms with van der Waals surface area (Å²) in [5.41, 5.74) is 0.818. The van der Waals surface area contributed by atoms with Gasteiger partial charge in [0.2, 0.25) is 5.91 Å². The average Bonchev–Trinajstić information content (AvgIpc) is 2.64. The molecule has 1 heterocycles. The highest BCUT2D eigenvalue weighted by atomic mass is 19.1. The third-order valence-corrected chi connectivity index (χ3v) is 5.03. The van der Waals surface area contributed by atoms with Crippen molar-refractivity contribution in [2.75, 3.05) is 45.7 Å². The highest BCUT2D eigenvalue weighted by Gasteiger charge is 2.29. The lowest BCUT2D eigenvalue weighted by atomic mass is 9.94. The number of likely N-dealkylation sites (tertiary alicyclic amines) is 1. The Morgan fingerprint density at radius 3 is 2.38 bits per heavy atom. The number of nitrogens with zero attached hydrogens (tertiary/aromatic N) is 3. The highest BCUT2D eigenvalue weighted by Crippen LogP contribution is 2.23. The Hall–Kier alpha value is -2.11. The van der Waals surface area contributed by atoms with E-state index in [1.54, 1.807) is 40.9 Å². The topological polar surface area (TPSA) is 43.9 Å². The van der Waals surface area contributed by atoms with Crippen LogP contribution in [-0.2, 0) is 4.79 Å². The summed E-state index contributed by atoms with van der Waals surface area (Å²) in [5.74, 6) is -0.413. The molecule has 0 aromatic heterocycles. The molecule has 1 aromatic carbocycles. The number of piperidine rings is 1. The van der Waals surface area contributed by atoms with Crippen LogP contribution in [0.1, 0.15) is 43.0 Å². The van der Waals surface area contributed by atoms with Crippen LogP contribution in [-0.4, -0.2) is 62.4 Å². The molecule has 0 N–H and O–H groups in total. The SMILES string of the molecule is CCCCN(C)C(=O)C1CCN(C(=O)c2ccc(N(C)C)c(F)c2)CC1. The number of hydrogen-bond acceptors (Lipinski definition) is 3. The standard InChI is InChI=1S/C20H30FN3O2/c1-5-6-11-23(4)19(25)15-9-12-24(13-10-15)20(26)16-7-8-18(22(2)3)17(21)14-16/h7-8,14-15H,5-6,9-13H2,1-4H3. The maximum absolute atomic E-state index is 14.1. The molecule has 0 aliphatic carbocycles. The van der Waals surface area contributed by atoms with Gasteiger partial charge in [-0.05, 0) is 37.5 Å². The van der Waals surface area contributed by atoms with Crippen LogP contribution in [0.4, 0.5) is 10.1 Å². The molecule has 1 fully saturated rings. The van der Waals surface area contributed by atoms with Gasteiger partial charge in [0, 0.05) is 52.3 Å². The third-order valence-electron chi connectivity index (χ3n) is 5.03. The van der Waals surface area contributed by atoms with Crippen LogP contribution in [0.25, 0.3) is 0 Å². The van der Waals surface area contributed by atoms with Crippen LogP contribution < -0.4 is 4.90 Å². The van der Waals surface area contributed by atoms with E-state index in [0.29, 0.717) is 37.2 Å². The Balaban J connectivity index is 1.94. The number of hydrogen-bond donors (Lipinski definition) is 0. The van der Waals surface area contributed by atoms with Crippen molar-refractivity contribution in [3.8, 4) is 0 Å². The molecule has 1 aliphatic heterocycles. The maximum Gasteiger partial charge on any atom is 0.253 e. The Morgan fingerprint density at radius 2 is 1.85 bits per heavy atom. The summed E-state index contributed by atoms with van der Waals surface area (Å²) >= 11 is 0. The van der Waals surface area contributed by atoms with E-state index in [2.05, 4.69) is 6.92 Å². The summed E-state index contributed by atoms with van der Waals surface area (Å²) in [6.07, 6.45) is 3.40. The van der Waals surface area contributed by atoms with Crippen LogP contribution in [0.3, 0.4) is 0 Å². The molecule has 0 saturated carbocycles. The second-order valence-electron chi connectivity index (χ2n) is 7.24. The first-order valence-electron chi connectivity index (χ1n) is 9.36. The normalized spacial score (nSPS) is 15.0. The van der Waals surface area contributed by atoms with Crippen molar-refractivity contribution in [1.29, 1.82) is 0 Å². The van der Waals surface area contributed by atoms with Gasteiger partial charge in [-0.3, -0.25) is 9.59 Å². The molecule has 6 heteroatoms. The third kappa shape index (κ3) is 4.74.